The minimum atomic E-state index is -1.21. The van der Waals surface area contributed by atoms with Crippen molar-refractivity contribution in [2.75, 3.05) is 6.79 Å². The molecule has 2 N–H and O–H groups in total. The highest BCUT2D eigenvalue weighted by molar-refractivity contribution is 6.63. The first kappa shape index (κ1) is 19.8. The van der Waals surface area contributed by atoms with Gasteiger partial charge in [0.1, 0.15) is 6.79 Å². The van der Waals surface area contributed by atoms with Crippen LogP contribution in [0.25, 0.3) is 0 Å². The first-order valence-electron chi connectivity index (χ1n) is 6.76. The fourth-order valence-corrected chi connectivity index (χ4v) is 2.73. The van der Waals surface area contributed by atoms with Gasteiger partial charge in [0.2, 0.25) is 10.5 Å². The highest BCUT2D eigenvalue weighted by Gasteiger charge is 2.37. The van der Waals surface area contributed by atoms with Gasteiger partial charge in [0.15, 0.2) is 0 Å². The lowest BCUT2D eigenvalue weighted by atomic mass is 9.90. The van der Waals surface area contributed by atoms with E-state index in [0.29, 0.717) is 0 Å². The van der Waals surface area contributed by atoms with Gasteiger partial charge in [-0.3, -0.25) is 19.2 Å². The maximum atomic E-state index is 11.1. The van der Waals surface area contributed by atoms with Crippen molar-refractivity contribution in [3.05, 3.63) is 0 Å². The van der Waals surface area contributed by atoms with E-state index in [2.05, 4.69) is 0 Å². The van der Waals surface area contributed by atoms with E-state index in [9.17, 15) is 19.2 Å². The summed E-state index contributed by atoms with van der Waals surface area (Å²) in [7, 11) is 0. The summed E-state index contributed by atoms with van der Waals surface area (Å²) in [5, 5.41) is 16.6. The molecule has 1 aliphatic rings. The molecule has 2 unspecified atom stereocenters. The Morgan fingerprint density at radius 1 is 0.870 bits per heavy atom. The number of rotatable bonds is 10. The van der Waals surface area contributed by atoms with Crippen LogP contribution in [0.3, 0.4) is 0 Å². The molecule has 0 spiro atoms. The van der Waals surface area contributed by atoms with E-state index in [-0.39, 0.29) is 32.5 Å². The van der Waals surface area contributed by atoms with Gasteiger partial charge < -0.3 is 19.7 Å². The molecule has 0 aromatic carbocycles. The van der Waals surface area contributed by atoms with Gasteiger partial charge in [-0.15, -0.1) is 0 Å². The molecule has 10 heteroatoms. The third-order valence-electron chi connectivity index (χ3n) is 3.52. The molecule has 0 saturated carbocycles. The fraction of sp³-hybridized carbons (Fsp3) is 0.692. The van der Waals surface area contributed by atoms with Crippen LogP contribution in [-0.4, -0.2) is 51.6 Å². The molecule has 8 nitrogen and oxygen atoms in total. The van der Waals surface area contributed by atoms with Crippen LogP contribution in [0.2, 0.25) is 0 Å². The van der Waals surface area contributed by atoms with E-state index in [1.807, 2.05) is 0 Å². The zero-order chi connectivity index (χ0) is 17.6. The van der Waals surface area contributed by atoms with Gasteiger partial charge in [0, 0.05) is 12.8 Å². The van der Waals surface area contributed by atoms with Crippen molar-refractivity contribution in [2.24, 2.45) is 11.8 Å². The highest BCUT2D eigenvalue weighted by Crippen LogP contribution is 2.28. The molecule has 1 rings (SSSR count). The quantitative estimate of drug-likeness (QED) is 0.549. The number of carbonyl (C=O) groups excluding carboxylic acids is 2. The smallest absolute Gasteiger partial charge is 0.307 e. The van der Waals surface area contributed by atoms with Crippen molar-refractivity contribution in [3.8, 4) is 0 Å². The van der Waals surface area contributed by atoms with E-state index < -0.39 is 46.5 Å². The van der Waals surface area contributed by atoms with Crippen molar-refractivity contribution in [3.63, 3.8) is 0 Å². The summed E-state index contributed by atoms with van der Waals surface area (Å²) in [6.45, 7) is -0.127. The summed E-state index contributed by atoms with van der Waals surface area (Å²) >= 11 is 10.4. The maximum Gasteiger partial charge on any atom is 0.307 e. The Morgan fingerprint density at radius 2 is 1.22 bits per heavy atom. The fourth-order valence-electron chi connectivity index (χ4n) is 2.36. The normalized spacial score (nSPS) is 23.2. The van der Waals surface area contributed by atoms with Crippen LogP contribution < -0.4 is 0 Å². The largest absolute Gasteiger partial charge is 0.481 e. The summed E-state index contributed by atoms with van der Waals surface area (Å²) in [5.74, 6) is -4.54. The van der Waals surface area contributed by atoms with Crippen LogP contribution in [-0.2, 0) is 28.7 Å². The average Bonchev–Trinajstić information content (AvgIpc) is 2.83. The van der Waals surface area contributed by atoms with E-state index >= 15 is 0 Å². The number of aliphatic carboxylic acids is 2. The summed E-state index contributed by atoms with van der Waals surface area (Å²) in [6.07, 6.45) is -2.27. The maximum absolute atomic E-state index is 11.1. The molecule has 0 aliphatic carbocycles. The van der Waals surface area contributed by atoms with E-state index in [1.165, 1.54) is 0 Å². The number of halogens is 2. The molecule has 0 aromatic heterocycles. The molecule has 0 amide bonds. The number of carboxylic acids is 2. The first-order chi connectivity index (χ1) is 10.7. The summed E-state index contributed by atoms with van der Waals surface area (Å²) in [6, 6.07) is 0. The zero-order valence-corrected chi connectivity index (χ0v) is 13.5. The molecule has 0 aromatic rings. The highest BCUT2D eigenvalue weighted by atomic mass is 35.5. The van der Waals surface area contributed by atoms with Gasteiger partial charge >= 0.3 is 11.9 Å². The van der Waals surface area contributed by atoms with Crippen molar-refractivity contribution < 1.29 is 38.9 Å². The van der Waals surface area contributed by atoms with Crippen molar-refractivity contribution in [1.82, 2.24) is 0 Å². The molecule has 4 atom stereocenters. The molecule has 1 aliphatic heterocycles. The van der Waals surface area contributed by atoms with Gasteiger partial charge in [-0.1, -0.05) is 0 Å². The van der Waals surface area contributed by atoms with Crippen molar-refractivity contribution in [1.29, 1.82) is 0 Å². The lowest BCUT2D eigenvalue weighted by molar-refractivity contribution is -0.145. The number of carbonyl (C=O) groups is 4. The monoisotopic (exact) mass is 370 g/mol. The molecular formula is C13H16Cl2O8. The third kappa shape index (κ3) is 6.82. The van der Waals surface area contributed by atoms with Crippen LogP contribution in [0.1, 0.15) is 25.7 Å². The van der Waals surface area contributed by atoms with Gasteiger partial charge in [-0.2, -0.15) is 0 Å². The molecular weight excluding hydrogens is 355 g/mol. The molecule has 1 heterocycles. The van der Waals surface area contributed by atoms with Crippen LogP contribution in [0, 0.1) is 11.8 Å². The van der Waals surface area contributed by atoms with E-state index in [0.717, 1.165) is 0 Å². The Bertz CT molecular complexity index is 439. The first-order valence-corrected chi connectivity index (χ1v) is 7.51. The SMILES string of the molecule is O=C(Cl)CC(C[C@H]1OCO[C@@H]1CC(CC(=O)Cl)C(=O)O)C(=O)O. The molecule has 0 bridgehead atoms. The molecule has 130 valence electrons. The Balaban J connectivity index is 2.71. The van der Waals surface area contributed by atoms with Gasteiger partial charge in [0.05, 0.1) is 24.0 Å². The number of carboxylic acid groups (broad SMARTS) is 2. The molecule has 1 saturated heterocycles. The number of ether oxygens (including phenoxy) is 2. The minimum Gasteiger partial charge on any atom is -0.481 e. The lowest BCUT2D eigenvalue weighted by Crippen LogP contribution is -2.32. The van der Waals surface area contributed by atoms with E-state index in [1.54, 1.807) is 0 Å². The van der Waals surface area contributed by atoms with Crippen LogP contribution >= 0.6 is 23.2 Å². The summed E-state index contributed by atoms with van der Waals surface area (Å²) < 4.78 is 10.5. The Morgan fingerprint density at radius 3 is 1.48 bits per heavy atom. The van der Waals surface area contributed by atoms with Crippen LogP contribution in [0.15, 0.2) is 0 Å². The average molecular weight is 371 g/mol. The Labute approximate surface area is 141 Å². The van der Waals surface area contributed by atoms with Gasteiger partial charge in [0.25, 0.3) is 0 Å². The lowest BCUT2D eigenvalue weighted by Gasteiger charge is -2.22. The second kappa shape index (κ2) is 9.17. The summed E-state index contributed by atoms with van der Waals surface area (Å²) in [5.41, 5.74) is 0. The molecule has 0 radical (unpaired) electrons. The van der Waals surface area contributed by atoms with Crippen molar-refractivity contribution in [2.45, 2.75) is 37.9 Å². The van der Waals surface area contributed by atoms with Crippen LogP contribution in [0.4, 0.5) is 0 Å². The number of hydrogen-bond acceptors (Lipinski definition) is 6. The zero-order valence-electron chi connectivity index (χ0n) is 11.9. The van der Waals surface area contributed by atoms with Gasteiger partial charge in [-0.05, 0) is 36.0 Å². The van der Waals surface area contributed by atoms with Crippen molar-refractivity contribution >= 4 is 45.6 Å². The Hall–Kier alpha value is -1.22. The van der Waals surface area contributed by atoms with Gasteiger partial charge in [-0.25, -0.2) is 0 Å². The van der Waals surface area contributed by atoms with E-state index in [4.69, 9.17) is 42.9 Å². The Kier molecular flexibility index (Phi) is 7.90. The molecule has 23 heavy (non-hydrogen) atoms. The third-order valence-corrected chi connectivity index (χ3v) is 3.83. The standard InChI is InChI=1S/C13H16Cl2O8/c14-10(16)3-6(12(18)19)1-8-9(23-5-22-8)2-7(13(20)21)4-11(15)17/h6-9H,1-5H2,(H,18,19)(H,20,21)/t6?,7?,8-,9-/m1/s1. The topological polar surface area (TPSA) is 127 Å². The molecule has 1 fully saturated rings. The predicted octanol–water partition coefficient (Wildman–Crippen LogP) is 1.22. The minimum absolute atomic E-state index is 0.0559. The second-order valence-corrected chi connectivity index (χ2v) is 6.03. The van der Waals surface area contributed by atoms with Crippen LogP contribution in [0.5, 0.6) is 0 Å². The summed E-state index contributed by atoms with van der Waals surface area (Å²) in [4.78, 5) is 44.1. The number of hydrogen-bond donors (Lipinski definition) is 2. The predicted molar refractivity (Wildman–Crippen MR) is 77.1 cm³/mol. The second-order valence-electron chi connectivity index (χ2n) is 5.19.